The lowest BCUT2D eigenvalue weighted by molar-refractivity contribution is 0.0946. The number of sulfonamides is 1. The van der Waals surface area contributed by atoms with Crippen LogP contribution in [0.4, 0.5) is 0 Å². The van der Waals surface area contributed by atoms with Crippen LogP contribution in [0.5, 0.6) is 0 Å². The van der Waals surface area contributed by atoms with E-state index in [0.29, 0.717) is 30.4 Å². The number of aromatic nitrogens is 2. The zero-order valence-corrected chi connectivity index (χ0v) is 14.8. The third kappa shape index (κ3) is 4.05. The van der Waals surface area contributed by atoms with Gasteiger partial charge in [0, 0.05) is 18.7 Å². The average Bonchev–Trinajstić information content (AvgIpc) is 3.06. The highest BCUT2D eigenvalue weighted by molar-refractivity contribution is 7.89. The molecule has 8 nitrogen and oxygen atoms in total. The second-order valence-electron chi connectivity index (χ2n) is 5.91. The summed E-state index contributed by atoms with van der Waals surface area (Å²) in [6, 6.07) is 5.95. The van der Waals surface area contributed by atoms with E-state index in [4.69, 9.17) is 4.52 Å². The van der Waals surface area contributed by atoms with Gasteiger partial charge in [-0.15, -0.1) is 0 Å². The molecule has 0 bridgehead atoms. The normalized spacial score (nSPS) is 15.9. The van der Waals surface area contributed by atoms with Crippen LogP contribution < -0.4 is 5.32 Å². The highest BCUT2D eigenvalue weighted by Crippen LogP contribution is 2.20. The summed E-state index contributed by atoms with van der Waals surface area (Å²) < 4.78 is 31.6. The first kappa shape index (κ1) is 17.6. The Bertz CT molecular complexity index is 839. The van der Waals surface area contributed by atoms with Crippen molar-refractivity contribution in [3.8, 4) is 0 Å². The molecular weight excluding hydrogens is 344 g/mol. The van der Waals surface area contributed by atoms with Crippen LogP contribution >= 0.6 is 0 Å². The van der Waals surface area contributed by atoms with Gasteiger partial charge in [0.25, 0.3) is 5.91 Å². The van der Waals surface area contributed by atoms with Crippen molar-refractivity contribution in [1.29, 1.82) is 0 Å². The smallest absolute Gasteiger partial charge is 0.251 e. The molecule has 1 aliphatic heterocycles. The Morgan fingerprint density at radius 1 is 1.20 bits per heavy atom. The fraction of sp³-hybridized carbons (Fsp3) is 0.438. The second-order valence-corrected chi connectivity index (χ2v) is 7.85. The molecule has 9 heteroatoms. The summed E-state index contributed by atoms with van der Waals surface area (Å²) in [7, 11) is -3.49. The van der Waals surface area contributed by atoms with Crippen molar-refractivity contribution in [3.63, 3.8) is 0 Å². The Morgan fingerprint density at radius 3 is 2.48 bits per heavy atom. The highest BCUT2D eigenvalue weighted by atomic mass is 32.2. The molecule has 25 heavy (non-hydrogen) atoms. The van der Waals surface area contributed by atoms with Gasteiger partial charge in [0.2, 0.25) is 15.9 Å². The van der Waals surface area contributed by atoms with Crippen LogP contribution in [0.15, 0.2) is 33.7 Å². The highest BCUT2D eigenvalue weighted by Gasteiger charge is 2.25. The third-order valence-corrected chi connectivity index (χ3v) is 5.95. The van der Waals surface area contributed by atoms with E-state index in [-0.39, 0.29) is 17.3 Å². The Hall–Kier alpha value is -2.26. The first-order valence-corrected chi connectivity index (χ1v) is 9.58. The van der Waals surface area contributed by atoms with E-state index in [1.165, 1.54) is 28.6 Å². The van der Waals surface area contributed by atoms with Gasteiger partial charge in [-0.1, -0.05) is 11.6 Å². The van der Waals surface area contributed by atoms with Crippen LogP contribution in [-0.4, -0.2) is 41.9 Å². The number of hydrogen-bond acceptors (Lipinski definition) is 6. The molecule has 0 atom stereocenters. The molecule has 0 unspecified atom stereocenters. The molecule has 0 aliphatic carbocycles. The molecule has 2 aromatic rings. The summed E-state index contributed by atoms with van der Waals surface area (Å²) in [5, 5.41) is 6.30. The summed E-state index contributed by atoms with van der Waals surface area (Å²) in [6.07, 6.45) is 2.83. The van der Waals surface area contributed by atoms with Gasteiger partial charge in [-0.05, 0) is 44.0 Å². The topological polar surface area (TPSA) is 105 Å². The minimum Gasteiger partial charge on any atom is -0.343 e. The molecule has 1 fully saturated rings. The molecule has 0 spiro atoms. The van der Waals surface area contributed by atoms with E-state index in [1.54, 1.807) is 6.92 Å². The largest absolute Gasteiger partial charge is 0.343 e. The van der Waals surface area contributed by atoms with Gasteiger partial charge < -0.3 is 9.84 Å². The predicted molar refractivity (Wildman–Crippen MR) is 89.3 cm³/mol. The maximum Gasteiger partial charge on any atom is 0.251 e. The number of piperidine rings is 1. The third-order valence-electron chi connectivity index (χ3n) is 4.04. The van der Waals surface area contributed by atoms with Crippen LogP contribution in [0.2, 0.25) is 0 Å². The molecule has 1 saturated heterocycles. The zero-order valence-electron chi connectivity index (χ0n) is 13.9. The molecule has 2 heterocycles. The van der Waals surface area contributed by atoms with E-state index in [2.05, 4.69) is 15.5 Å². The SMILES string of the molecule is Cc1noc(CNC(=O)c2ccc(S(=O)(=O)N3CCCCC3)cc2)n1. The average molecular weight is 364 g/mol. The fourth-order valence-corrected chi connectivity index (χ4v) is 4.22. The van der Waals surface area contributed by atoms with Gasteiger partial charge in [-0.25, -0.2) is 8.42 Å². The standard InChI is InChI=1S/C16H20N4O4S/c1-12-18-15(24-19-12)11-17-16(21)13-5-7-14(8-6-13)25(22,23)20-9-3-2-4-10-20/h5-8H,2-4,9-11H2,1H3,(H,17,21). The summed E-state index contributed by atoms with van der Waals surface area (Å²) in [4.78, 5) is 16.3. The van der Waals surface area contributed by atoms with Crippen LogP contribution in [0.25, 0.3) is 0 Å². The van der Waals surface area contributed by atoms with Crippen molar-refractivity contribution in [3.05, 3.63) is 41.5 Å². The molecule has 0 radical (unpaired) electrons. The maximum absolute atomic E-state index is 12.6. The second kappa shape index (κ2) is 7.32. The van der Waals surface area contributed by atoms with Crippen LogP contribution in [0, 0.1) is 6.92 Å². The van der Waals surface area contributed by atoms with E-state index in [9.17, 15) is 13.2 Å². The van der Waals surface area contributed by atoms with Crippen molar-refractivity contribution in [1.82, 2.24) is 19.8 Å². The van der Waals surface area contributed by atoms with Crippen LogP contribution in [-0.2, 0) is 16.6 Å². The molecule has 1 aromatic heterocycles. The fourth-order valence-electron chi connectivity index (χ4n) is 2.70. The number of nitrogens with zero attached hydrogens (tertiary/aromatic N) is 3. The molecule has 1 amide bonds. The van der Waals surface area contributed by atoms with Gasteiger partial charge in [0.1, 0.15) is 0 Å². The number of benzene rings is 1. The summed E-state index contributed by atoms with van der Waals surface area (Å²) in [5.74, 6) is 0.476. The van der Waals surface area contributed by atoms with Gasteiger partial charge in [-0.2, -0.15) is 9.29 Å². The number of nitrogens with one attached hydrogen (secondary N) is 1. The first-order valence-electron chi connectivity index (χ1n) is 8.14. The van der Waals surface area contributed by atoms with Gasteiger partial charge in [0.15, 0.2) is 5.82 Å². The quantitative estimate of drug-likeness (QED) is 0.861. The summed E-state index contributed by atoms with van der Waals surface area (Å²) in [5.41, 5.74) is 0.369. The Morgan fingerprint density at radius 2 is 1.88 bits per heavy atom. The Kier molecular flexibility index (Phi) is 5.14. The number of carbonyl (C=O) groups excluding carboxylic acids is 1. The Labute approximate surface area is 146 Å². The molecule has 1 aromatic carbocycles. The minimum atomic E-state index is -3.49. The summed E-state index contributed by atoms with van der Waals surface area (Å²) >= 11 is 0. The number of carbonyl (C=O) groups is 1. The monoisotopic (exact) mass is 364 g/mol. The van der Waals surface area contributed by atoms with E-state index in [0.717, 1.165) is 19.3 Å². The lowest BCUT2D eigenvalue weighted by Crippen LogP contribution is -2.35. The number of amides is 1. The van der Waals surface area contributed by atoms with Crippen molar-refractivity contribution < 1.29 is 17.7 Å². The van der Waals surface area contributed by atoms with Crippen molar-refractivity contribution in [2.24, 2.45) is 0 Å². The van der Waals surface area contributed by atoms with E-state index >= 15 is 0 Å². The van der Waals surface area contributed by atoms with Gasteiger partial charge in [-0.3, -0.25) is 4.79 Å². The van der Waals surface area contributed by atoms with Gasteiger partial charge >= 0.3 is 0 Å². The van der Waals surface area contributed by atoms with Crippen molar-refractivity contribution >= 4 is 15.9 Å². The molecule has 134 valence electrons. The van der Waals surface area contributed by atoms with Crippen LogP contribution in [0.1, 0.15) is 41.3 Å². The van der Waals surface area contributed by atoms with Crippen LogP contribution in [0.3, 0.4) is 0 Å². The summed E-state index contributed by atoms with van der Waals surface area (Å²) in [6.45, 7) is 2.91. The van der Waals surface area contributed by atoms with Gasteiger partial charge in [0.05, 0.1) is 11.4 Å². The predicted octanol–water partition coefficient (Wildman–Crippen LogP) is 1.48. The number of rotatable bonds is 5. The first-order chi connectivity index (χ1) is 12.0. The van der Waals surface area contributed by atoms with Crippen molar-refractivity contribution in [2.45, 2.75) is 37.6 Å². The maximum atomic E-state index is 12.6. The molecule has 1 N–H and O–H groups in total. The van der Waals surface area contributed by atoms with E-state index in [1.807, 2.05) is 0 Å². The number of aryl methyl sites for hydroxylation is 1. The molecule has 1 aliphatic rings. The lowest BCUT2D eigenvalue weighted by Gasteiger charge is -2.25. The molecule has 0 saturated carbocycles. The minimum absolute atomic E-state index is 0.119. The molecule has 3 rings (SSSR count). The van der Waals surface area contributed by atoms with Crippen molar-refractivity contribution in [2.75, 3.05) is 13.1 Å². The number of hydrogen-bond donors (Lipinski definition) is 1. The van der Waals surface area contributed by atoms with E-state index < -0.39 is 10.0 Å². The molecular formula is C16H20N4O4S. The Balaban J connectivity index is 1.65. The zero-order chi connectivity index (χ0) is 17.9. The lowest BCUT2D eigenvalue weighted by atomic mass is 10.2.